The number of hydroxylamine groups is 1. The van der Waals surface area contributed by atoms with Gasteiger partial charge in [-0.05, 0) is 35.4 Å². The highest BCUT2D eigenvalue weighted by Gasteiger charge is 2.36. The quantitative estimate of drug-likeness (QED) is 0.405. The molecule has 1 aromatic rings. The van der Waals surface area contributed by atoms with E-state index in [9.17, 15) is 18.8 Å². The number of halogens is 1. The molecule has 8 heteroatoms. The Hall–Kier alpha value is -2.48. The second kappa shape index (κ2) is 9.45. The van der Waals surface area contributed by atoms with Gasteiger partial charge in [-0.1, -0.05) is 39.8 Å². The molecular weight excluding hydrogens is 353 g/mol. The highest BCUT2D eigenvalue weighted by molar-refractivity contribution is 5.90. The maximum Gasteiger partial charge on any atom is 0.244 e. The number of hydrogen-bond acceptors (Lipinski definition) is 4. The Bertz CT molecular complexity index is 671. The van der Waals surface area contributed by atoms with Crippen LogP contribution in [-0.4, -0.2) is 29.0 Å². The van der Waals surface area contributed by atoms with Crippen LogP contribution in [0.5, 0.6) is 0 Å². The maximum atomic E-state index is 13.2. The van der Waals surface area contributed by atoms with E-state index >= 15 is 0 Å². The topological polar surface area (TPSA) is 122 Å². The van der Waals surface area contributed by atoms with E-state index in [1.807, 2.05) is 6.92 Å². The van der Waals surface area contributed by atoms with Gasteiger partial charge in [-0.2, -0.15) is 0 Å². The van der Waals surface area contributed by atoms with E-state index in [1.165, 1.54) is 17.6 Å². The number of rotatable bonds is 8. The molecule has 0 saturated heterocycles. The smallest absolute Gasteiger partial charge is 0.244 e. The van der Waals surface area contributed by atoms with Crippen molar-refractivity contribution in [2.75, 3.05) is 0 Å². The number of carbonyl (C=O) groups excluding carboxylic acids is 3. The van der Waals surface area contributed by atoms with E-state index in [0.29, 0.717) is 12.0 Å². The van der Waals surface area contributed by atoms with Crippen molar-refractivity contribution in [3.05, 3.63) is 35.6 Å². The van der Waals surface area contributed by atoms with Gasteiger partial charge in [0, 0.05) is 6.42 Å². The molecular formula is C19H28FN3O4. The number of carbonyl (C=O) groups is 3. The largest absolute Gasteiger partial charge is 0.368 e. The maximum absolute atomic E-state index is 13.2. The van der Waals surface area contributed by atoms with E-state index in [0.717, 1.165) is 0 Å². The Morgan fingerprint density at radius 1 is 1.19 bits per heavy atom. The van der Waals surface area contributed by atoms with Gasteiger partial charge >= 0.3 is 0 Å². The molecule has 0 aliphatic heterocycles. The summed E-state index contributed by atoms with van der Waals surface area (Å²) in [6.45, 7) is 7.11. The van der Waals surface area contributed by atoms with Gasteiger partial charge in [0.05, 0.1) is 5.92 Å². The molecule has 1 aromatic carbocycles. The van der Waals surface area contributed by atoms with E-state index in [4.69, 9.17) is 10.9 Å². The minimum absolute atomic E-state index is 0.298. The molecule has 5 N–H and O–H groups in total. The van der Waals surface area contributed by atoms with Crippen LogP contribution in [0.25, 0.3) is 0 Å². The van der Waals surface area contributed by atoms with Crippen molar-refractivity contribution in [1.82, 2.24) is 10.8 Å². The Morgan fingerprint density at radius 3 is 2.15 bits per heavy atom. The summed E-state index contributed by atoms with van der Waals surface area (Å²) in [5.74, 6) is -3.66. The van der Waals surface area contributed by atoms with Crippen LogP contribution in [0.1, 0.15) is 52.0 Å². The first-order valence-electron chi connectivity index (χ1n) is 8.79. The molecule has 0 heterocycles. The van der Waals surface area contributed by atoms with Crippen molar-refractivity contribution in [3.63, 3.8) is 0 Å². The molecule has 3 atom stereocenters. The van der Waals surface area contributed by atoms with Crippen LogP contribution in [0, 0.1) is 17.2 Å². The molecule has 3 amide bonds. The number of nitrogens with two attached hydrogens (primary N) is 1. The molecule has 0 aromatic heterocycles. The first-order chi connectivity index (χ1) is 12.5. The molecule has 0 saturated carbocycles. The van der Waals surface area contributed by atoms with Crippen LogP contribution in [0.4, 0.5) is 4.39 Å². The van der Waals surface area contributed by atoms with E-state index in [2.05, 4.69) is 5.32 Å². The minimum atomic E-state index is -0.935. The van der Waals surface area contributed by atoms with Crippen molar-refractivity contribution in [2.45, 2.75) is 52.5 Å². The zero-order valence-corrected chi connectivity index (χ0v) is 16.1. The SMILES string of the molecule is CC[C@@H](c1ccc(F)cc1)C(CC(=O)NO)C(=O)NC(C(N)=O)C(C)(C)C. The summed E-state index contributed by atoms with van der Waals surface area (Å²) in [5, 5.41) is 11.5. The van der Waals surface area contributed by atoms with E-state index < -0.39 is 46.8 Å². The third kappa shape index (κ3) is 6.32. The molecule has 1 rings (SSSR count). The Labute approximate surface area is 158 Å². The Morgan fingerprint density at radius 2 is 1.74 bits per heavy atom. The summed E-state index contributed by atoms with van der Waals surface area (Å²) in [7, 11) is 0. The second-order valence-electron chi connectivity index (χ2n) is 7.62. The number of benzene rings is 1. The van der Waals surface area contributed by atoms with Gasteiger partial charge in [0.25, 0.3) is 0 Å². The predicted molar refractivity (Wildman–Crippen MR) is 98.0 cm³/mol. The van der Waals surface area contributed by atoms with Gasteiger partial charge in [-0.3, -0.25) is 19.6 Å². The van der Waals surface area contributed by atoms with Gasteiger partial charge in [0.15, 0.2) is 0 Å². The summed E-state index contributed by atoms with van der Waals surface area (Å²) in [6.07, 6.45) is 0.188. The van der Waals surface area contributed by atoms with E-state index in [-0.39, 0.29) is 6.42 Å². The lowest BCUT2D eigenvalue weighted by molar-refractivity contribution is -0.137. The van der Waals surface area contributed by atoms with E-state index in [1.54, 1.807) is 32.9 Å². The number of amides is 3. The van der Waals surface area contributed by atoms with Gasteiger partial charge in [0.1, 0.15) is 11.9 Å². The van der Waals surface area contributed by atoms with Gasteiger partial charge in [-0.25, -0.2) is 9.87 Å². The standard InChI is InChI=1S/C19H28FN3O4/c1-5-13(11-6-8-12(20)9-7-11)14(10-15(24)23-27)18(26)22-16(17(21)25)19(2,3)4/h6-9,13-14,16,27H,5,10H2,1-4H3,(H2,21,25)(H,22,26)(H,23,24)/t13-,14?,16?/m0/s1. The fraction of sp³-hybridized carbons (Fsp3) is 0.526. The lowest BCUT2D eigenvalue weighted by atomic mass is 9.80. The van der Waals surface area contributed by atoms with Crippen molar-refractivity contribution in [3.8, 4) is 0 Å². The lowest BCUT2D eigenvalue weighted by Crippen LogP contribution is -2.54. The fourth-order valence-corrected chi connectivity index (χ4v) is 3.09. The molecule has 150 valence electrons. The first-order valence-corrected chi connectivity index (χ1v) is 8.79. The van der Waals surface area contributed by atoms with Gasteiger partial charge < -0.3 is 11.1 Å². The van der Waals surface area contributed by atoms with Crippen LogP contribution < -0.4 is 16.5 Å². The average molecular weight is 381 g/mol. The van der Waals surface area contributed by atoms with Crippen molar-refractivity contribution >= 4 is 17.7 Å². The van der Waals surface area contributed by atoms with Crippen molar-refractivity contribution in [1.29, 1.82) is 0 Å². The molecule has 0 spiro atoms. The molecule has 0 radical (unpaired) electrons. The minimum Gasteiger partial charge on any atom is -0.368 e. The molecule has 0 aliphatic carbocycles. The molecule has 0 aliphatic rings. The van der Waals surface area contributed by atoms with Crippen LogP contribution in [0.2, 0.25) is 0 Å². The average Bonchev–Trinajstić information content (AvgIpc) is 2.59. The van der Waals surface area contributed by atoms with Crippen molar-refractivity contribution in [2.24, 2.45) is 17.1 Å². The molecule has 0 fully saturated rings. The lowest BCUT2D eigenvalue weighted by Gasteiger charge is -2.32. The first kappa shape index (κ1) is 22.6. The number of primary amides is 1. The van der Waals surface area contributed by atoms with Crippen LogP contribution in [0.15, 0.2) is 24.3 Å². The highest BCUT2D eigenvalue weighted by atomic mass is 19.1. The van der Waals surface area contributed by atoms with Crippen LogP contribution in [0.3, 0.4) is 0 Å². The monoisotopic (exact) mass is 381 g/mol. The highest BCUT2D eigenvalue weighted by Crippen LogP contribution is 2.32. The summed E-state index contributed by atoms with van der Waals surface area (Å²) in [4.78, 5) is 36.5. The third-order valence-electron chi connectivity index (χ3n) is 4.53. The molecule has 27 heavy (non-hydrogen) atoms. The Kier molecular flexibility index (Phi) is 7.90. The molecule has 0 bridgehead atoms. The van der Waals surface area contributed by atoms with Crippen LogP contribution >= 0.6 is 0 Å². The number of hydrogen-bond donors (Lipinski definition) is 4. The predicted octanol–water partition coefficient (Wildman–Crippen LogP) is 1.85. The summed E-state index contributed by atoms with van der Waals surface area (Å²) in [6, 6.07) is 4.72. The van der Waals surface area contributed by atoms with Crippen LogP contribution in [-0.2, 0) is 14.4 Å². The fourth-order valence-electron chi connectivity index (χ4n) is 3.09. The number of nitrogens with one attached hydrogen (secondary N) is 2. The third-order valence-corrected chi connectivity index (χ3v) is 4.53. The normalized spacial score (nSPS) is 14.7. The van der Waals surface area contributed by atoms with Gasteiger partial charge in [-0.15, -0.1) is 0 Å². The molecule has 7 nitrogen and oxygen atoms in total. The van der Waals surface area contributed by atoms with Gasteiger partial charge in [0.2, 0.25) is 17.7 Å². The summed E-state index contributed by atoms with van der Waals surface area (Å²) < 4.78 is 13.2. The Balaban J connectivity index is 3.21. The zero-order chi connectivity index (χ0) is 20.8. The summed E-state index contributed by atoms with van der Waals surface area (Å²) >= 11 is 0. The van der Waals surface area contributed by atoms with Crippen molar-refractivity contribution < 1.29 is 24.0 Å². The zero-order valence-electron chi connectivity index (χ0n) is 16.1. The molecule has 2 unspecified atom stereocenters. The second-order valence-corrected chi connectivity index (χ2v) is 7.62. The summed E-state index contributed by atoms with van der Waals surface area (Å²) in [5.41, 5.74) is 7.00.